The predicted molar refractivity (Wildman–Crippen MR) is 199 cm³/mol. The lowest BCUT2D eigenvalue weighted by Crippen LogP contribution is -2.51. The predicted octanol–water partition coefficient (Wildman–Crippen LogP) is 5.94. The molecule has 4 amide bonds. The first-order chi connectivity index (χ1) is 27.1. The maximum Gasteiger partial charge on any atom is 0.435 e. The van der Waals surface area contributed by atoms with Crippen molar-refractivity contribution in [3.8, 4) is 33.9 Å². The number of ether oxygens (including phenoxy) is 1. The number of hydrogen-bond donors (Lipinski definition) is 5. The Morgan fingerprint density at radius 3 is 1.86 bits per heavy atom. The monoisotopic (exact) mass is 794 g/mol. The number of carbonyl (C=O) groups is 4. The molecule has 4 aromatic rings. The van der Waals surface area contributed by atoms with E-state index in [-0.39, 0.29) is 47.4 Å². The van der Waals surface area contributed by atoms with Crippen molar-refractivity contribution < 1.29 is 42.2 Å². The summed E-state index contributed by atoms with van der Waals surface area (Å²) in [4.78, 5) is 76.8. The molecular formula is C38H45F3N10O6. The first kappa shape index (κ1) is 40.6. The number of imidazole rings is 2. The fraction of sp³-hybridized carbons (Fsp3) is 0.474. The van der Waals surface area contributed by atoms with Crippen LogP contribution in [0.1, 0.15) is 82.8 Å². The molecule has 0 saturated carbocycles. The van der Waals surface area contributed by atoms with Gasteiger partial charge in [-0.2, -0.15) is 13.2 Å². The Balaban J connectivity index is 1.18. The lowest BCUT2D eigenvalue weighted by Gasteiger charge is -2.30. The summed E-state index contributed by atoms with van der Waals surface area (Å²) < 4.78 is 47.8. The van der Waals surface area contributed by atoms with Crippen LogP contribution in [0.3, 0.4) is 0 Å². The van der Waals surface area contributed by atoms with E-state index in [1.54, 1.807) is 63.3 Å². The van der Waals surface area contributed by atoms with Crippen LogP contribution in [0.5, 0.6) is 0 Å². The summed E-state index contributed by atoms with van der Waals surface area (Å²) in [7, 11) is 1.18. The second kappa shape index (κ2) is 16.6. The molecule has 2 aliphatic rings. The Morgan fingerprint density at radius 1 is 0.789 bits per heavy atom. The van der Waals surface area contributed by atoms with Gasteiger partial charge < -0.3 is 40.2 Å². The molecule has 0 unspecified atom stereocenters. The number of H-pyrrole nitrogens is 2. The molecule has 2 aliphatic heterocycles. The van der Waals surface area contributed by atoms with E-state index >= 15 is 0 Å². The molecule has 304 valence electrons. The number of alkyl carbamates (subject to hydrolysis) is 1. The zero-order valence-electron chi connectivity index (χ0n) is 32.1. The molecule has 16 nitrogen and oxygen atoms in total. The highest BCUT2D eigenvalue weighted by Gasteiger charge is 2.42. The van der Waals surface area contributed by atoms with Gasteiger partial charge in [0, 0.05) is 42.2 Å². The summed E-state index contributed by atoms with van der Waals surface area (Å²) in [6.07, 6.45) is 0.233. The van der Waals surface area contributed by atoms with Crippen molar-refractivity contribution in [2.75, 3.05) is 20.2 Å². The normalized spacial score (nSPS) is 18.2. The first-order valence-corrected chi connectivity index (χ1v) is 18.7. The van der Waals surface area contributed by atoms with Gasteiger partial charge in [-0.15, -0.1) is 0 Å². The summed E-state index contributed by atoms with van der Waals surface area (Å²) in [6, 6.07) is 3.27. The third-order valence-corrected chi connectivity index (χ3v) is 10.3. The van der Waals surface area contributed by atoms with Crippen molar-refractivity contribution in [1.29, 1.82) is 0 Å². The number of carboxylic acid groups (broad SMARTS) is 1. The fourth-order valence-corrected chi connectivity index (χ4v) is 7.35. The van der Waals surface area contributed by atoms with Gasteiger partial charge in [-0.25, -0.2) is 29.5 Å². The number of alkyl halides is 3. The fourth-order valence-electron chi connectivity index (χ4n) is 7.35. The third kappa shape index (κ3) is 8.71. The average molecular weight is 795 g/mol. The van der Waals surface area contributed by atoms with E-state index in [9.17, 15) is 37.5 Å². The molecule has 0 radical (unpaired) electrons. The van der Waals surface area contributed by atoms with Crippen molar-refractivity contribution in [2.45, 2.75) is 83.7 Å². The van der Waals surface area contributed by atoms with Gasteiger partial charge in [0.05, 0.1) is 36.8 Å². The minimum Gasteiger partial charge on any atom is -0.465 e. The first-order valence-electron chi connectivity index (χ1n) is 18.7. The number of aromatic amines is 2. The van der Waals surface area contributed by atoms with Gasteiger partial charge >= 0.3 is 18.4 Å². The SMILES string of the molecule is COC(=O)N[C@H](C(=O)N1CCC[C@H]1c1nc(C(F)(F)F)c(-c2ccc(-c3ncc(-c4cnc([C@@H]5CCCN5C(=O)[C@@H](NC(=O)O)C(C)C)[nH]4)cn3)cc2)[nH]1)C(C)C. The Labute approximate surface area is 326 Å². The van der Waals surface area contributed by atoms with E-state index in [0.29, 0.717) is 54.3 Å². The van der Waals surface area contributed by atoms with Gasteiger partial charge in [0.15, 0.2) is 11.5 Å². The Bertz CT molecular complexity index is 2080. The van der Waals surface area contributed by atoms with Crippen molar-refractivity contribution in [3.63, 3.8) is 0 Å². The summed E-state index contributed by atoms with van der Waals surface area (Å²) in [5.74, 6) is -0.440. The van der Waals surface area contributed by atoms with Crippen molar-refractivity contribution in [2.24, 2.45) is 11.8 Å². The quantitative estimate of drug-likeness (QED) is 0.121. The van der Waals surface area contributed by atoms with Gasteiger partial charge in [-0.1, -0.05) is 52.0 Å². The maximum absolute atomic E-state index is 14.4. The second-order valence-electron chi connectivity index (χ2n) is 14.8. The van der Waals surface area contributed by atoms with Crippen molar-refractivity contribution in [3.05, 3.63) is 60.2 Å². The van der Waals surface area contributed by atoms with E-state index in [1.165, 1.54) is 24.1 Å². The molecule has 6 rings (SSSR count). The lowest BCUT2D eigenvalue weighted by atomic mass is 10.0. The van der Waals surface area contributed by atoms with Crippen LogP contribution in [0.25, 0.3) is 33.9 Å². The van der Waals surface area contributed by atoms with Crippen LogP contribution in [0.4, 0.5) is 22.8 Å². The summed E-state index contributed by atoms with van der Waals surface area (Å²) in [6.45, 7) is 7.81. The number of rotatable bonds is 11. The number of carbonyl (C=O) groups excluding carboxylic acids is 3. The zero-order chi connectivity index (χ0) is 41.2. The molecule has 2 fully saturated rings. The molecule has 19 heteroatoms. The highest BCUT2D eigenvalue weighted by Crippen LogP contribution is 2.40. The minimum atomic E-state index is -4.80. The maximum atomic E-state index is 14.4. The smallest absolute Gasteiger partial charge is 0.435 e. The molecule has 5 heterocycles. The summed E-state index contributed by atoms with van der Waals surface area (Å²) in [5.41, 5.74) is 0.614. The molecule has 0 spiro atoms. The van der Waals surface area contributed by atoms with Crippen LogP contribution < -0.4 is 10.6 Å². The molecule has 0 aliphatic carbocycles. The number of methoxy groups -OCH3 is 1. The number of benzene rings is 1. The van der Waals surface area contributed by atoms with Gasteiger partial charge in [-0.05, 0) is 37.5 Å². The van der Waals surface area contributed by atoms with E-state index in [1.807, 2.05) is 0 Å². The van der Waals surface area contributed by atoms with Crippen LogP contribution in [-0.4, -0.2) is 101 Å². The lowest BCUT2D eigenvalue weighted by molar-refractivity contribution is -0.140. The number of halogens is 3. The van der Waals surface area contributed by atoms with Crippen LogP contribution >= 0.6 is 0 Å². The molecular weight excluding hydrogens is 749 g/mol. The highest BCUT2D eigenvalue weighted by molar-refractivity contribution is 5.87. The molecule has 2 saturated heterocycles. The van der Waals surface area contributed by atoms with Crippen LogP contribution in [0.2, 0.25) is 0 Å². The summed E-state index contributed by atoms with van der Waals surface area (Å²) in [5, 5.41) is 14.1. The second-order valence-corrected chi connectivity index (χ2v) is 14.8. The van der Waals surface area contributed by atoms with Gasteiger partial charge in [0.1, 0.15) is 23.7 Å². The molecule has 0 bridgehead atoms. The van der Waals surface area contributed by atoms with E-state index in [2.05, 4.69) is 45.3 Å². The van der Waals surface area contributed by atoms with E-state index < -0.39 is 48.1 Å². The standard InChI is InChI=1S/C38H45F3N10O6/c1-19(2)27(47-36(54)55)34(52)50-14-6-8-25(50)32-44-18-24(45-32)23-16-42-31(43-17-23)22-12-10-21(11-13-22)29-30(38(39,40)41)49-33(46-29)26-9-7-15-51(26)35(53)28(20(3)4)48-37(56)57-5/h10-13,16-20,25-28,47H,6-9,14-15H2,1-5H3,(H,44,45)(H,46,49)(H,48,56)(H,54,55)/t25-,26-,27-,28-/m0/s1. The Morgan fingerprint density at radius 2 is 1.33 bits per heavy atom. The van der Waals surface area contributed by atoms with Gasteiger partial charge in [0.2, 0.25) is 11.8 Å². The molecule has 5 N–H and O–H groups in total. The number of nitrogens with zero attached hydrogens (tertiary/aromatic N) is 6. The van der Waals surface area contributed by atoms with Crippen LogP contribution in [-0.2, 0) is 20.5 Å². The largest absolute Gasteiger partial charge is 0.465 e. The molecule has 1 aromatic carbocycles. The van der Waals surface area contributed by atoms with Gasteiger partial charge in [-0.3, -0.25) is 9.59 Å². The van der Waals surface area contributed by atoms with Crippen molar-refractivity contribution in [1.82, 2.24) is 50.3 Å². The number of hydrogen-bond acceptors (Lipinski definition) is 9. The van der Waals surface area contributed by atoms with Crippen molar-refractivity contribution >= 4 is 24.0 Å². The summed E-state index contributed by atoms with van der Waals surface area (Å²) >= 11 is 0. The van der Waals surface area contributed by atoms with Crippen LogP contribution in [0.15, 0.2) is 42.9 Å². The number of amides is 4. The number of nitrogens with one attached hydrogen (secondary N) is 4. The Kier molecular flexibility index (Phi) is 11.8. The minimum absolute atomic E-state index is 0.00380. The highest BCUT2D eigenvalue weighted by atomic mass is 19.4. The number of likely N-dealkylation sites (tertiary alicyclic amines) is 2. The van der Waals surface area contributed by atoms with E-state index in [4.69, 9.17) is 0 Å². The molecule has 57 heavy (non-hydrogen) atoms. The van der Waals surface area contributed by atoms with E-state index in [0.717, 1.165) is 6.42 Å². The third-order valence-electron chi connectivity index (χ3n) is 10.3. The van der Waals surface area contributed by atoms with Crippen LogP contribution in [0, 0.1) is 11.8 Å². The Hall–Kier alpha value is -6.01. The number of aromatic nitrogens is 6. The average Bonchev–Trinajstić information content (AvgIpc) is 4.01. The zero-order valence-corrected chi connectivity index (χ0v) is 32.1. The molecule has 3 aromatic heterocycles. The molecule has 4 atom stereocenters. The van der Waals surface area contributed by atoms with Gasteiger partial charge in [0.25, 0.3) is 0 Å². The topological polar surface area (TPSA) is 211 Å².